The Hall–Kier alpha value is -2.61. The van der Waals surface area contributed by atoms with Gasteiger partial charge in [0.25, 0.3) is 5.92 Å². The van der Waals surface area contributed by atoms with Crippen molar-refractivity contribution in [2.45, 2.75) is 43.2 Å². The summed E-state index contributed by atoms with van der Waals surface area (Å²) in [6.07, 6.45) is 1.70. The summed E-state index contributed by atoms with van der Waals surface area (Å²) in [6, 6.07) is 5.49. The largest absolute Gasteiger partial charge is 0.468 e. The Morgan fingerprint density at radius 2 is 2.11 bits per heavy atom. The molecule has 28 heavy (non-hydrogen) atoms. The Kier molecular flexibility index (Phi) is 4.33. The number of nitrogens with one attached hydrogen (secondary N) is 2. The fraction of sp³-hybridized carbons (Fsp3) is 0.450. The lowest BCUT2D eigenvalue weighted by Gasteiger charge is -2.43. The zero-order valence-corrected chi connectivity index (χ0v) is 15.6. The molecule has 6 nitrogen and oxygen atoms in total. The summed E-state index contributed by atoms with van der Waals surface area (Å²) in [5, 5.41) is 7.07. The summed E-state index contributed by atoms with van der Waals surface area (Å²) in [4.78, 5) is 27.8. The molecule has 0 fully saturated rings. The Morgan fingerprint density at radius 3 is 2.79 bits per heavy atom. The van der Waals surface area contributed by atoms with E-state index in [2.05, 4.69) is 15.5 Å². The maximum Gasteiger partial charge on any atom is 0.319 e. The highest BCUT2D eigenvalue weighted by molar-refractivity contribution is 5.92. The third-order valence-electron chi connectivity index (χ3n) is 5.88. The number of hydrogen-bond donors (Lipinski definition) is 2. The molecule has 3 unspecified atom stereocenters. The summed E-state index contributed by atoms with van der Waals surface area (Å²) < 4.78 is 34.1. The molecular weight excluding hydrogens is 368 g/mol. The maximum atomic E-state index is 14.5. The summed E-state index contributed by atoms with van der Waals surface area (Å²) >= 11 is 0. The van der Waals surface area contributed by atoms with E-state index in [0.717, 1.165) is 23.4 Å². The molecule has 8 heteroatoms. The second kappa shape index (κ2) is 6.48. The van der Waals surface area contributed by atoms with Gasteiger partial charge in [-0.2, -0.15) is 4.91 Å². The first-order chi connectivity index (χ1) is 13.3. The predicted octanol–water partition coefficient (Wildman–Crippen LogP) is 3.21. The molecule has 4 rings (SSSR count). The van der Waals surface area contributed by atoms with Crippen LogP contribution in [0, 0.1) is 4.91 Å². The van der Waals surface area contributed by atoms with Crippen LogP contribution in [-0.4, -0.2) is 42.6 Å². The third-order valence-corrected chi connectivity index (χ3v) is 5.88. The number of ether oxygens (including phenoxy) is 1. The topological polar surface area (TPSA) is 83.5 Å². The van der Waals surface area contributed by atoms with E-state index in [0.29, 0.717) is 18.7 Å². The highest BCUT2D eigenvalue weighted by Crippen LogP contribution is 2.48. The molecule has 1 aromatic heterocycles. The van der Waals surface area contributed by atoms with Gasteiger partial charge >= 0.3 is 5.97 Å². The number of para-hydroxylation sites is 1. The SMILES string of the molecule is COC(=O)C12CC(N=O)C=C(C(C)(F)F)C1NCCc1c2[nH]c2ccccc12. The predicted molar refractivity (Wildman–Crippen MR) is 100 cm³/mol. The third kappa shape index (κ3) is 2.58. The van der Waals surface area contributed by atoms with Crippen molar-refractivity contribution >= 4 is 16.9 Å². The fourth-order valence-corrected chi connectivity index (χ4v) is 4.74. The van der Waals surface area contributed by atoms with Crippen LogP contribution in [0.25, 0.3) is 10.9 Å². The molecule has 0 spiro atoms. The van der Waals surface area contributed by atoms with Crippen molar-refractivity contribution in [1.29, 1.82) is 0 Å². The second-order valence-electron chi connectivity index (χ2n) is 7.51. The van der Waals surface area contributed by atoms with Gasteiger partial charge in [0.2, 0.25) is 0 Å². The number of esters is 1. The monoisotopic (exact) mass is 389 g/mol. The van der Waals surface area contributed by atoms with Gasteiger partial charge < -0.3 is 15.0 Å². The van der Waals surface area contributed by atoms with E-state index in [1.807, 2.05) is 24.3 Å². The summed E-state index contributed by atoms with van der Waals surface area (Å²) in [5.74, 6) is -3.89. The molecule has 2 heterocycles. The lowest BCUT2D eigenvalue weighted by atomic mass is 9.65. The normalized spacial score (nSPS) is 27.4. The van der Waals surface area contributed by atoms with Crippen molar-refractivity contribution in [2.24, 2.45) is 5.18 Å². The Morgan fingerprint density at radius 1 is 1.36 bits per heavy atom. The molecule has 0 bridgehead atoms. The first-order valence-corrected chi connectivity index (χ1v) is 9.17. The summed E-state index contributed by atoms with van der Waals surface area (Å²) in [5.41, 5.74) is 0.411. The minimum absolute atomic E-state index is 0.0414. The van der Waals surface area contributed by atoms with Crippen molar-refractivity contribution in [3.63, 3.8) is 0 Å². The molecule has 2 N–H and O–H groups in total. The number of aromatic nitrogens is 1. The number of rotatable bonds is 3. The van der Waals surface area contributed by atoms with Crippen molar-refractivity contribution in [2.75, 3.05) is 13.7 Å². The number of benzene rings is 1. The van der Waals surface area contributed by atoms with E-state index in [1.54, 1.807) is 0 Å². The van der Waals surface area contributed by atoms with Gasteiger partial charge in [0.05, 0.1) is 13.2 Å². The van der Waals surface area contributed by atoms with E-state index in [-0.39, 0.29) is 12.0 Å². The molecule has 1 aromatic carbocycles. The van der Waals surface area contributed by atoms with Crippen LogP contribution < -0.4 is 5.32 Å². The average molecular weight is 389 g/mol. The van der Waals surface area contributed by atoms with Crippen LogP contribution in [0.2, 0.25) is 0 Å². The number of H-pyrrole nitrogens is 1. The van der Waals surface area contributed by atoms with Gasteiger partial charge in [0.1, 0.15) is 11.5 Å². The standard InChI is InChI=1S/C20H21F2N3O3/c1-19(21,22)14-9-11(25-27)10-20(18(26)28-2)16-13(7-8-23-17(14)20)12-5-3-4-6-15(12)24-16/h3-6,9,11,17,23-24H,7-8,10H2,1-2H3. The lowest BCUT2D eigenvalue weighted by Crippen LogP contribution is -2.59. The number of nitrogens with zero attached hydrogens (tertiary/aromatic N) is 1. The number of aromatic amines is 1. The second-order valence-corrected chi connectivity index (χ2v) is 7.51. The van der Waals surface area contributed by atoms with Crippen LogP contribution in [-0.2, 0) is 21.4 Å². The Balaban J connectivity index is 2.05. The number of fused-ring (bicyclic) bond motifs is 5. The van der Waals surface area contributed by atoms with Crippen LogP contribution in [0.4, 0.5) is 8.78 Å². The average Bonchev–Trinajstić information content (AvgIpc) is 2.97. The zero-order valence-electron chi connectivity index (χ0n) is 15.6. The molecule has 0 amide bonds. The Labute approximate surface area is 160 Å². The highest BCUT2D eigenvalue weighted by atomic mass is 19.3. The molecule has 148 valence electrons. The van der Waals surface area contributed by atoms with Gasteiger partial charge in [-0.1, -0.05) is 23.4 Å². The van der Waals surface area contributed by atoms with Crippen LogP contribution in [0.1, 0.15) is 24.6 Å². The van der Waals surface area contributed by atoms with E-state index >= 15 is 0 Å². The number of carbonyl (C=O) groups is 1. The highest BCUT2D eigenvalue weighted by Gasteiger charge is 2.59. The van der Waals surface area contributed by atoms with Gasteiger partial charge in [-0.05, 0) is 30.7 Å². The van der Waals surface area contributed by atoms with Crippen LogP contribution in [0.5, 0.6) is 0 Å². The zero-order chi connectivity index (χ0) is 20.1. The minimum atomic E-state index is -3.23. The van der Waals surface area contributed by atoms with E-state index < -0.39 is 29.4 Å². The number of carbonyl (C=O) groups excluding carboxylic acids is 1. The van der Waals surface area contributed by atoms with Gasteiger partial charge in [0, 0.05) is 35.5 Å². The molecular formula is C20H21F2N3O3. The molecule has 1 aliphatic heterocycles. The van der Waals surface area contributed by atoms with Crippen LogP contribution >= 0.6 is 0 Å². The molecule has 0 saturated carbocycles. The Bertz CT molecular complexity index is 979. The van der Waals surface area contributed by atoms with Gasteiger partial charge in [-0.25, -0.2) is 8.78 Å². The first kappa shape index (κ1) is 18.7. The fourth-order valence-electron chi connectivity index (χ4n) is 4.74. The minimum Gasteiger partial charge on any atom is -0.468 e. The van der Waals surface area contributed by atoms with Crippen molar-refractivity contribution in [1.82, 2.24) is 10.3 Å². The molecule has 2 aromatic rings. The molecule has 1 aliphatic carbocycles. The van der Waals surface area contributed by atoms with Gasteiger partial charge in [-0.3, -0.25) is 4.79 Å². The van der Waals surface area contributed by atoms with Crippen LogP contribution in [0.3, 0.4) is 0 Å². The summed E-state index contributed by atoms with van der Waals surface area (Å²) in [7, 11) is 1.23. The number of hydrogen-bond acceptors (Lipinski definition) is 5. The van der Waals surface area contributed by atoms with E-state index in [1.165, 1.54) is 13.2 Å². The van der Waals surface area contributed by atoms with E-state index in [4.69, 9.17) is 4.74 Å². The van der Waals surface area contributed by atoms with Gasteiger partial charge in [0.15, 0.2) is 0 Å². The van der Waals surface area contributed by atoms with Crippen molar-refractivity contribution in [3.8, 4) is 0 Å². The van der Waals surface area contributed by atoms with Crippen molar-refractivity contribution in [3.05, 3.63) is 52.1 Å². The van der Waals surface area contributed by atoms with Crippen LogP contribution in [0.15, 0.2) is 41.1 Å². The number of halogens is 2. The summed E-state index contributed by atoms with van der Waals surface area (Å²) in [6.45, 7) is 1.18. The van der Waals surface area contributed by atoms with Crippen molar-refractivity contribution < 1.29 is 18.3 Å². The number of methoxy groups -OCH3 is 1. The molecule has 0 radical (unpaired) electrons. The first-order valence-electron chi connectivity index (χ1n) is 9.17. The van der Waals surface area contributed by atoms with E-state index in [9.17, 15) is 18.5 Å². The smallest absolute Gasteiger partial charge is 0.319 e. The molecule has 2 aliphatic rings. The lowest BCUT2D eigenvalue weighted by molar-refractivity contribution is -0.149. The molecule has 3 atom stereocenters. The quantitative estimate of drug-likeness (QED) is 0.480. The van der Waals surface area contributed by atoms with Gasteiger partial charge in [-0.15, -0.1) is 0 Å². The molecule has 0 saturated heterocycles. The number of alkyl halides is 2. The number of nitroso groups, excluding NO2 is 1. The maximum absolute atomic E-state index is 14.5.